The van der Waals surface area contributed by atoms with Gasteiger partial charge in [-0.3, -0.25) is 9.69 Å². The molecule has 3 nitrogen and oxygen atoms in total. The summed E-state index contributed by atoms with van der Waals surface area (Å²) in [5.74, 6) is -0.120. The Bertz CT molecular complexity index is 897. The van der Waals surface area contributed by atoms with E-state index in [1.165, 1.54) is 17.7 Å². The van der Waals surface area contributed by atoms with Crippen molar-refractivity contribution in [3.63, 3.8) is 0 Å². The largest absolute Gasteiger partial charge is 0.416 e. The van der Waals surface area contributed by atoms with E-state index in [0.717, 1.165) is 24.1 Å². The average Bonchev–Trinajstić information content (AvgIpc) is 3.12. The van der Waals surface area contributed by atoms with Crippen LogP contribution in [0.4, 0.5) is 17.6 Å². The fraction of sp³-hybridized carbons (Fsp3) is 0.435. The number of nitrogens with zero attached hydrogens (tertiary/aromatic N) is 2. The number of hydrogen-bond donors (Lipinski definition) is 0. The Hall–Kier alpha value is -2.41. The number of likely N-dealkylation sites (tertiary alicyclic amines) is 1. The van der Waals surface area contributed by atoms with Crippen LogP contribution in [0, 0.1) is 0 Å². The average molecular weight is 420 g/mol. The second-order valence-corrected chi connectivity index (χ2v) is 8.07. The highest BCUT2D eigenvalue weighted by atomic mass is 19.4. The summed E-state index contributed by atoms with van der Waals surface area (Å²) < 4.78 is 52.0. The van der Waals surface area contributed by atoms with Gasteiger partial charge in [0.05, 0.1) is 18.0 Å². The zero-order chi connectivity index (χ0) is 21.3. The van der Waals surface area contributed by atoms with Crippen molar-refractivity contribution >= 4 is 5.91 Å². The van der Waals surface area contributed by atoms with Crippen molar-refractivity contribution in [3.05, 3.63) is 70.8 Å². The van der Waals surface area contributed by atoms with Gasteiger partial charge in [0.25, 0.3) is 0 Å². The molecule has 0 N–H and O–H groups in total. The lowest BCUT2D eigenvalue weighted by molar-refractivity contribution is -0.137. The van der Waals surface area contributed by atoms with Gasteiger partial charge in [0, 0.05) is 26.2 Å². The van der Waals surface area contributed by atoms with E-state index in [4.69, 9.17) is 0 Å². The van der Waals surface area contributed by atoms with Gasteiger partial charge in [0.2, 0.25) is 5.91 Å². The van der Waals surface area contributed by atoms with Crippen molar-refractivity contribution in [3.8, 4) is 0 Å². The molecule has 2 aliphatic heterocycles. The molecule has 2 aromatic carbocycles. The molecule has 160 valence electrons. The molecule has 1 fully saturated rings. The minimum atomic E-state index is -4.39. The number of benzene rings is 2. The molecule has 0 spiro atoms. The summed E-state index contributed by atoms with van der Waals surface area (Å²) in [6.07, 6.45) is -3.94. The van der Waals surface area contributed by atoms with Gasteiger partial charge in [-0.1, -0.05) is 36.4 Å². The summed E-state index contributed by atoms with van der Waals surface area (Å²) in [6.45, 7) is 2.16. The normalized spacial score (nSPS) is 22.2. The number of fused-ring (bicyclic) bond motifs is 1. The van der Waals surface area contributed by atoms with Gasteiger partial charge in [-0.25, -0.2) is 4.39 Å². The minimum absolute atomic E-state index is 0.0442. The molecule has 1 unspecified atom stereocenters. The van der Waals surface area contributed by atoms with Crippen molar-refractivity contribution in [1.82, 2.24) is 9.80 Å². The number of alkyl halides is 4. The van der Waals surface area contributed by atoms with Crippen molar-refractivity contribution in [2.24, 2.45) is 0 Å². The number of rotatable bonds is 4. The third-order valence-corrected chi connectivity index (χ3v) is 6.02. The Balaban J connectivity index is 1.52. The van der Waals surface area contributed by atoms with Crippen LogP contribution in [0.15, 0.2) is 48.5 Å². The van der Waals surface area contributed by atoms with E-state index in [1.54, 1.807) is 0 Å². The van der Waals surface area contributed by atoms with Gasteiger partial charge < -0.3 is 4.90 Å². The third-order valence-electron chi connectivity index (χ3n) is 6.02. The van der Waals surface area contributed by atoms with Crippen LogP contribution in [0.2, 0.25) is 0 Å². The Labute approximate surface area is 173 Å². The summed E-state index contributed by atoms with van der Waals surface area (Å²) in [7, 11) is 0. The lowest BCUT2D eigenvalue weighted by Crippen LogP contribution is -2.45. The van der Waals surface area contributed by atoms with Gasteiger partial charge in [-0.05, 0) is 41.7 Å². The highest BCUT2D eigenvalue weighted by Gasteiger charge is 2.34. The maximum absolute atomic E-state index is 13.7. The fourth-order valence-corrected chi connectivity index (χ4v) is 4.43. The van der Waals surface area contributed by atoms with Crippen molar-refractivity contribution in [1.29, 1.82) is 0 Å². The zero-order valence-electron chi connectivity index (χ0n) is 16.5. The Morgan fingerprint density at radius 2 is 1.77 bits per heavy atom. The zero-order valence-corrected chi connectivity index (χ0v) is 16.5. The smallest absolute Gasteiger partial charge is 0.334 e. The number of hydrogen-bond acceptors (Lipinski definition) is 2. The van der Waals surface area contributed by atoms with Crippen LogP contribution in [0.25, 0.3) is 0 Å². The molecule has 0 aromatic heterocycles. The van der Waals surface area contributed by atoms with Gasteiger partial charge in [-0.2, -0.15) is 13.2 Å². The third kappa shape index (κ3) is 4.51. The van der Waals surface area contributed by atoms with Crippen LogP contribution in [0.1, 0.15) is 34.7 Å². The van der Waals surface area contributed by atoms with E-state index in [-0.39, 0.29) is 18.4 Å². The molecule has 0 radical (unpaired) electrons. The molecule has 0 bridgehead atoms. The lowest BCUT2D eigenvalue weighted by atomic mass is 9.91. The molecule has 2 aliphatic rings. The highest BCUT2D eigenvalue weighted by Crippen LogP contribution is 2.33. The van der Waals surface area contributed by atoms with Crippen molar-refractivity contribution in [2.75, 3.05) is 26.2 Å². The van der Waals surface area contributed by atoms with E-state index in [2.05, 4.69) is 11.0 Å². The standard InChI is InChI=1S/C23H24F4N2O/c24-19-10-11-28(14-19)15-21-20-4-2-1-3-17(20)9-12-29(21)22(30)13-16-5-7-18(8-6-16)23(25,26)27/h1-8,19,21H,9-15H2/t19-,21?/m0/s1. The molecular formula is C23H24F4N2O. The van der Waals surface area contributed by atoms with E-state index >= 15 is 0 Å². The van der Waals surface area contributed by atoms with Crippen molar-refractivity contribution < 1.29 is 22.4 Å². The quantitative estimate of drug-likeness (QED) is 0.684. The number of amides is 1. The number of carbonyl (C=O) groups excluding carboxylic acids is 1. The Morgan fingerprint density at radius 3 is 2.43 bits per heavy atom. The molecule has 4 rings (SSSR count). The summed E-state index contributed by atoms with van der Waals surface area (Å²) in [4.78, 5) is 17.0. The summed E-state index contributed by atoms with van der Waals surface area (Å²) >= 11 is 0. The summed E-state index contributed by atoms with van der Waals surface area (Å²) in [5.41, 5.74) is 2.10. The lowest BCUT2D eigenvalue weighted by Gasteiger charge is -2.39. The van der Waals surface area contributed by atoms with Crippen LogP contribution in [-0.2, 0) is 23.8 Å². The maximum Gasteiger partial charge on any atom is 0.416 e. The molecule has 1 saturated heterocycles. The van der Waals surface area contributed by atoms with Gasteiger partial charge in [0.15, 0.2) is 0 Å². The molecule has 2 atom stereocenters. The fourth-order valence-electron chi connectivity index (χ4n) is 4.43. The summed E-state index contributed by atoms with van der Waals surface area (Å²) in [5, 5.41) is 0. The number of halogens is 4. The Kier molecular flexibility index (Phi) is 5.82. The van der Waals surface area contributed by atoms with Crippen LogP contribution in [0.3, 0.4) is 0 Å². The maximum atomic E-state index is 13.7. The van der Waals surface area contributed by atoms with Gasteiger partial charge >= 0.3 is 6.18 Å². The second kappa shape index (κ2) is 8.38. The van der Waals surface area contributed by atoms with Crippen LogP contribution in [-0.4, -0.2) is 48.1 Å². The monoisotopic (exact) mass is 420 g/mol. The first-order valence-electron chi connectivity index (χ1n) is 10.2. The molecule has 2 aromatic rings. The van der Waals surface area contributed by atoms with E-state index < -0.39 is 17.9 Å². The summed E-state index contributed by atoms with van der Waals surface area (Å²) in [6, 6.07) is 12.6. The van der Waals surface area contributed by atoms with E-state index in [1.807, 2.05) is 23.1 Å². The Morgan fingerprint density at radius 1 is 1.03 bits per heavy atom. The molecule has 30 heavy (non-hydrogen) atoms. The second-order valence-electron chi connectivity index (χ2n) is 8.07. The van der Waals surface area contributed by atoms with Crippen molar-refractivity contribution in [2.45, 2.75) is 37.7 Å². The molecule has 1 amide bonds. The highest BCUT2D eigenvalue weighted by molar-refractivity contribution is 5.79. The number of carbonyl (C=O) groups is 1. The first-order chi connectivity index (χ1) is 14.3. The van der Waals surface area contributed by atoms with Gasteiger partial charge in [-0.15, -0.1) is 0 Å². The topological polar surface area (TPSA) is 23.6 Å². The SMILES string of the molecule is O=C(Cc1ccc(C(F)(F)F)cc1)N1CCc2ccccc2C1CN1CC[C@H](F)C1. The predicted molar refractivity (Wildman–Crippen MR) is 106 cm³/mol. The molecular weight excluding hydrogens is 396 g/mol. The predicted octanol–water partition coefficient (Wildman–Crippen LogP) is 4.42. The van der Waals surface area contributed by atoms with E-state index in [0.29, 0.717) is 38.2 Å². The van der Waals surface area contributed by atoms with Gasteiger partial charge in [0.1, 0.15) is 6.17 Å². The molecule has 7 heteroatoms. The molecule has 2 heterocycles. The van der Waals surface area contributed by atoms with Crippen LogP contribution < -0.4 is 0 Å². The van der Waals surface area contributed by atoms with E-state index in [9.17, 15) is 22.4 Å². The minimum Gasteiger partial charge on any atom is -0.334 e. The van der Waals surface area contributed by atoms with Crippen LogP contribution >= 0.6 is 0 Å². The first-order valence-corrected chi connectivity index (χ1v) is 10.2. The van der Waals surface area contributed by atoms with Crippen LogP contribution in [0.5, 0.6) is 0 Å². The molecule has 0 aliphatic carbocycles. The molecule has 0 saturated carbocycles. The first kappa shape index (κ1) is 20.8.